The van der Waals surface area contributed by atoms with Crippen molar-refractivity contribution in [1.29, 1.82) is 0 Å². The third-order valence-electron chi connectivity index (χ3n) is 3.41. The van der Waals surface area contributed by atoms with E-state index in [1.807, 2.05) is 13.0 Å². The number of rotatable bonds is 5. The maximum atomic E-state index is 4.12. The predicted octanol–water partition coefficient (Wildman–Crippen LogP) is 5.00. The molecule has 0 radical (unpaired) electrons. The number of hydrogen-bond acceptors (Lipinski definition) is 1. The van der Waals surface area contributed by atoms with Crippen LogP contribution in [0.2, 0.25) is 0 Å². The zero-order valence-electron chi connectivity index (χ0n) is 11.4. The third-order valence-corrected chi connectivity index (χ3v) is 3.41. The average Bonchev–Trinajstić information content (AvgIpc) is 2.98. The summed E-state index contributed by atoms with van der Waals surface area (Å²) in [6, 6.07) is 0. The van der Waals surface area contributed by atoms with Gasteiger partial charge < -0.3 is 6.15 Å². The Balaban J connectivity index is 0.00000256. The fraction of sp³-hybridized carbons (Fsp3) is 0.375. The zero-order chi connectivity index (χ0) is 12.3. The lowest BCUT2D eigenvalue weighted by molar-refractivity contribution is 0.895. The standard InChI is InChI=1S/C16H22.H3N/c1-7-11(3)13(5)14(6)15(8-2)10-16-9-12(16)4;/h7-8,10,12,16H,2,5-6,9H2,1,3-4H3;1H3/b11-7+,15-10+;. The summed E-state index contributed by atoms with van der Waals surface area (Å²) in [6.45, 7) is 18.4. The van der Waals surface area contributed by atoms with Gasteiger partial charge in [-0.1, -0.05) is 44.9 Å². The molecule has 0 heterocycles. The van der Waals surface area contributed by atoms with Crippen LogP contribution in [0.1, 0.15) is 27.2 Å². The van der Waals surface area contributed by atoms with E-state index in [0.717, 1.165) is 22.6 Å². The van der Waals surface area contributed by atoms with Gasteiger partial charge in [0.25, 0.3) is 0 Å². The summed E-state index contributed by atoms with van der Waals surface area (Å²) in [5.74, 6) is 1.53. The first-order valence-corrected chi connectivity index (χ1v) is 5.87. The van der Waals surface area contributed by atoms with E-state index in [-0.39, 0.29) is 6.15 Å². The fourth-order valence-corrected chi connectivity index (χ4v) is 1.69. The molecule has 0 amide bonds. The monoisotopic (exact) mass is 231 g/mol. The largest absolute Gasteiger partial charge is 0.344 e. The molecule has 0 aromatic carbocycles. The Hall–Kier alpha value is -1.34. The van der Waals surface area contributed by atoms with Crippen LogP contribution >= 0.6 is 0 Å². The maximum Gasteiger partial charge on any atom is -0.0190 e. The molecule has 1 rings (SSSR count). The van der Waals surface area contributed by atoms with Gasteiger partial charge in [0.1, 0.15) is 0 Å². The van der Waals surface area contributed by atoms with Crippen LogP contribution in [0.25, 0.3) is 0 Å². The molecule has 17 heavy (non-hydrogen) atoms. The Morgan fingerprint density at radius 2 is 1.76 bits per heavy atom. The van der Waals surface area contributed by atoms with Crippen molar-refractivity contribution in [2.75, 3.05) is 0 Å². The number of allylic oxidation sites excluding steroid dienone is 7. The van der Waals surface area contributed by atoms with E-state index < -0.39 is 0 Å². The van der Waals surface area contributed by atoms with Crippen LogP contribution in [-0.4, -0.2) is 0 Å². The minimum Gasteiger partial charge on any atom is -0.344 e. The van der Waals surface area contributed by atoms with Crippen molar-refractivity contribution in [3.05, 3.63) is 60.3 Å². The van der Waals surface area contributed by atoms with E-state index in [9.17, 15) is 0 Å². The van der Waals surface area contributed by atoms with Crippen molar-refractivity contribution in [1.82, 2.24) is 6.15 Å². The Morgan fingerprint density at radius 3 is 2.12 bits per heavy atom. The summed E-state index contributed by atoms with van der Waals surface area (Å²) >= 11 is 0. The molecule has 0 saturated heterocycles. The van der Waals surface area contributed by atoms with Gasteiger partial charge in [0.05, 0.1) is 0 Å². The van der Waals surface area contributed by atoms with E-state index in [1.54, 1.807) is 0 Å². The second-order valence-electron chi connectivity index (χ2n) is 4.63. The van der Waals surface area contributed by atoms with Gasteiger partial charge >= 0.3 is 0 Å². The van der Waals surface area contributed by atoms with Gasteiger partial charge in [0, 0.05) is 0 Å². The molecule has 1 saturated carbocycles. The van der Waals surface area contributed by atoms with Crippen LogP contribution in [-0.2, 0) is 0 Å². The molecule has 1 heteroatoms. The molecule has 0 spiro atoms. The van der Waals surface area contributed by atoms with Crippen molar-refractivity contribution in [2.45, 2.75) is 27.2 Å². The topological polar surface area (TPSA) is 35.0 Å². The highest BCUT2D eigenvalue weighted by molar-refractivity contribution is 5.56. The van der Waals surface area contributed by atoms with Gasteiger partial charge in [-0.25, -0.2) is 0 Å². The molecule has 0 aliphatic heterocycles. The third kappa shape index (κ3) is 3.86. The van der Waals surface area contributed by atoms with E-state index >= 15 is 0 Å². The van der Waals surface area contributed by atoms with Gasteiger partial charge in [-0.3, -0.25) is 0 Å². The normalized spacial score (nSPS) is 23.7. The Kier molecular flexibility index (Phi) is 5.90. The highest BCUT2D eigenvalue weighted by Gasteiger charge is 2.30. The smallest absolute Gasteiger partial charge is 0.0190 e. The Morgan fingerprint density at radius 1 is 1.24 bits per heavy atom. The molecule has 1 nitrogen and oxygen atoms in total. The molecule has 0 bridgehead atoms. The first-order valence-electron chi connectivity index (χ1n) is 5.87. The van der Waals surface area contributed by atoms with Crippen LogP contribution in [0.5, 0.6) is 0 Å². The van der Waals surface area contributed by atoms with Crippen molar-refractivity contribution >= 4 is 0 Å². The summed E-state index contributed by atoms with van der Waals surface area (Å²) in [6.07, 6.45) is 7.53. The summed E-state index contributed by atoms with van der Waals surface area (Å²) in [5.41, 5.74) is 4.34. The van der Waals surface area contributed by atoms with Gasteiger partial charge in [-0.05, 0) is 54.4 Å². The molecular weight excluding hydrogens is 206 g/mol. The SMILES string of the molecule is C=C/C(=C\C1CC1C)C(=C)C(=C)/C(C)=C/C.N. The Bertz CT molecular complexity index is 382. The molecule has 0 aromatic rings. The summed E-state index contributed by atoms with van der Waals surface area (Å²) < 4.78 is 0. The second kappa shape index (κ2) is 6.41. The van der Waals surface area contributed by atoms with Crippen LogP contribution in [0, 0.1) is 11.8 Å². The second-order valence-corrected chi connectivity index (χ2v) is 4.63. The van der Waals surface area contributed by atoms with Gasteiger partial charge in [-0.15, -0.1) is 0 Å². The molecule has 2 atom stereocenters. The summed E-state index contributed by atoms with van der Waals surface area (Å²) in [7, 11) is 0. The van der Waals surface area contributed by atoms with E-state index in [2.05, 4.69) is 45.7 Å². The van der Waals surface area contributed by atoms with Gasteiger partial charge in [0.2, 0.25) is 0 Å². The highest BCUT2D eigenvalue weighted by atomic mass is 14.3. The lowest BCUT2D eigenvalue weighted by Crippen LogP contribution is -1.92. The fourth-order valence-electron chi connectivity index (χ4n) is 1.69. The molecule has 1 fully saturated rings. The summed E-state index contributed by atoms with van der Waals surface area (Å²) in [5, 5.41) is 0. The molecule has 2 unspecified atom stereocenters. The van der Waals surface area contributed by atoms with E-state index in [0.29, 0.717) is 5.92 Å². The number of hydrogen-bond donors (Lipinski definition) is 1. The zero-order valence-corrected chi connectivity index (χ0v) is 11.4. The lowest BCUT2D eigenvalue weighted by atomic mass is 9.94. The van der Waals surface area contributed by atoms with E-state index in [1.165, 1.54) is 12.0 Å². The quantitative estimate of drug-likeness (QED) is 0.664. The van der Waals surface area contributed by atoms with Crippen LogP contribution in [0.15, 0.2) is 60.3 Å². The average molecular weight is 231 g/mol. The molecule has 1 aliphatic carbocycles. The predicted molar refractivity (Wildman–Crippen MR) is 78.3 cm³/mol. The van der Waals surface area contributed by atoms with Gasteiger partial charge in [0.15, 0.2) is 0 Å². The van der Waals surface area contributed by atoms with Crippen LogP contribution in [0.4, 0.5) is 0 Å². The van der Waals surface area contributed by atoms with E-state index in [4.69, 9.17) is 0 Å². The molecule has 1 aliphatic rings. The first kappa shape index (κ1) is 15.7. The maximum absolute atomic E-state index is 4.12. The Labute approximate surface area is 106 Å². The van der Waals surface area contributed by atoms with Crippen molar-refractivity contribution < 1.29 is 0 Å². The van der Waals surface area contributed by atoms with Gasteiger partial charge in [-0.2, -0.15) is 0 Å². The molecule has 3 N–H and O–H groups in total. The van der Waals surface area contributed by atoms with Crippen molar-refractivity contribution in [2.24, 2.45) is 11.8 Å². The van der Waals surface area contributed by atoms with Crippen LogP contribution in [0.3, 0.4) is 0 Å². The first-order chi connectivity index (χ1) is 7.51. The van der Waals surface area contributed by atoms with Crippen molar-refractivity contribution in [3.63, 3.8) is 0 Å². The molecule has 94 valence electrons. The molecular formula is C16H25N. The highest BCUT2D eigenvalue weighted by Crippen LogP contribution is 2.40. The van der Waals surface area contributed by atoms with Crippen LogP contribution < -0.4 is 6.15 Å². The van der Waals surface area contributed by atoms with Crippen molar-refractivity contribution in [3.8, 4) is 0 Å². The molecule has 0 aromatic heterocycles. The minimum atomic E-state index is 0. The minimum absolute atomic E-state index is 0. The summed E-state index contributed by atoms with van der Waals surface area (Å²) in [4.78, 5) is 0. The lowest BCUT2D eigenvalue weighted by Gasteiger charge is -2.11.